The van der Waals surface area contributed by atoms with E-state index in [1.807, 2.05) is 12.1 Å². The molecule has 0 unspecified atom stereocenters. The zero-order valence-electron chi connectivity index (χ0n) is 14.8. The topological polar surface area (TPSA) is 116 Å². The summed E-state index contributed by atoms with van der Waals surface area (Å²) in [5.41, 5.74) is 1.60. The summed E-state index contributed by atoms with van der Waals surface area (Å²) in [6.07, 6.45) is 0. The number of rotatable bonds is 7. The van der Waals surface area contributed by atoms with E-state index in [4.69, 9.17) is 13.9 Å². The number of nitrogens with zero attached hydrogens (tertiary/aromatic N) is 2. The predicted octanol–water partition coefficient (Wildman–Crippen LogP) is 1.97. The summed E-state index contributed by atoms with van der Waals surface area (Å²) in [5, 5.41) is 13.5. The summed E-state index contributed by atoms with van der Waals surface area (Å²) in [6, 6.07) is 6.86. The van der Waals surface area contributed by atoms with Gasteiger partial charge >= 0.3 is 12.0 Å². The molecule has 0 radical (unpaired) electrons. The van der Waals surface area contributed by atoms with Gasteiger partial charge < -0.3 is 24.5 Å². The number of urea groups is 1. The second kappa shape index (κ2) is 8.58. The molecule has 2 amide bonds. The zero-order valence-corrected chi connectivity index (χ0v) is 15.6. The number of benzene rings is 1. The van der Waals surface area contributed by atoms with Crippen molar-refractivity contribution in [3.63, 3.8) is 0 Å². The molecule has 3 rings (SSSR count). The smallest absolute Gasteiger partial charge is 0.337 e. The maximum atomic E-state index is 12.0. The van der Waals surface area contributed by atoms with Gasteiger partial charge in [0.05, 0.1) is 25.8 Å². The normalized spacial score (nSPS) is 13.8. The Balaban J connectivity index is 1.70. The number of aromatic nitrogens is 2. The van der Waals surface area contributed by atoms with Crippen molar-refractivity contribution < 1.29 is 23.5 Å². The van der Waals surface area contributed by atoms with Gasteiger partial charge in [-0.05, 0) is 31.2 Å². The average Bonchev–Trinajstić information content (AvgIpc) is 3.15. The third kappa shape index (κ3) is 4.59. The number of nitrogens with one attached hydrogen (secondary N) is 2. The summed E-state index contributed by atoms with van der Waals surface area (Å²) >= 11 is 1.22. The van der Waals surface area contributed by atoms with Crippen LogP contribution >= 0.6 is 11.8 Å². The first kappa shape index (κ1) is 18.8. The summed E-state index contributed by atoms with van der Waals surface area (Å²) in [6.45, 7) is 2.09. The van der Waals surface area contributed by atoms with E-state index >= 15 is 0 Å². The first-order valence-electron chi connectivity index (χ1n) is 8.15. The Morgan fingerprint density at radius 2 is 2.07 bits per heavy atom. The van der Waals surface area contributed by atoms with Crippen molar-refractivity contribution in [3.8, 4) is 17.2 Å². The van der Waals surface area contributed by atoms with Gasteiger partial charge in [-0.3, -0.25) is 0 Å². The van der Waals surface area contributed by atoms with Crippen LogP contribution in [0.2, 0.25) is 0 Å². The molecule has 1 aliphatic rings. The van der Waals surface area contributed by atoms with Crippen molar-refractivity contribution in [1.29, 1.82) is 0 Å². The van der Waals surface area contributed by atoms with Crippen LogP contribution in [0.5, 0.6) is 5.75 Å². The molecule has 2 aromatic rings. The molecule has 0 bridgehead atoms. The maximum absolute atomic E-state index is 12.0. The fourth-order valence-corrected chi connectivity index (χ4v) is 3.07. The highest BCUT2D eigenvalue weighted by Crippen LogP contribution is 2.26. The van der Waals surface area contributed by atoms with Crippen molar-refractivity contribution in [2.75, 3.05) is 26.0 Å². The van der Waals surface area contributed by atoms with E-state index in [1.54, 1.807) is 26.2 Å². The Hall–Kier alpha value is -3.01. The van der Waals surface area contributed by atoms with Gasteiger partial charge in [0.25, 0.3) is 5.22 Å². The number of methoxy groups -OCH3 is 1. The highest BCUT2D eigenvalue weighted by atomic mass is 32.2. The molecule has 1 aromatic carbocycles. The lowest BCUT2D eigenvalue weighted by Crippen LogP contribution is -2.44. The third-order valence-corrected chi connectivity index (χ3v) is 4.50. The lowest BCUT2D eigenvalue weighted by Gasteiger charge is -2.20. The molecule has 1 aliphatic heterocycles. The minimum atomic E-state index is -0.468. The van der Waals surface area contributed by atoms with Gasteiger partial charge in [0.15, 0.2) is 0 Å². The molecule has 0 saturated carbocycles. The lowest BCUT2D eigenvalue weighted by molar-refractivity contribution is -0.138. The van der Waals surface area contributed by atoms with Gasteiger partial charge in [0.2, 0.25) is 5.89 Å². The molecule has 0 fully saturated rings. The fraction of sp³-hybridized carbons (Fsp3) is 0.294. The quantitative estimate of drug-likeness (QED) is 0.545. The van der Waals surface area contributed by atoms with Gasteiger partial charge in [-0.25, -0.2) is 9.59 Å². The molecule has 9 nitrogen and oxygen atoms in total. The number of hydrogen-bond acceptors (Lipinski definition) is 8. The number of carbonyl (C=O) groups is 2. The Morgan fingerprint density at radius 3 is 2.78 bits per heavy atom. The fourth-order valence-electron chi connectivity index (χ4n) is 2.32. The number of esters is 1. The molecule has 27 heavy (non-hydrogen) atoms. The van der Waals surface area contributed by atoms with Crippen LogP contribution in [0.4, 0.5) is 4.79 Å². The SMILES string of the molecule is CCOC(=O)C1=C(CSc2nnc(-c3ccc(OC)cc3)o2)NC(=O)NC1. The van der Waals surface area contributed by atoms with Crippen LogP contribution in [0.3, 0.4) is 0 Å². The van der Waals surface area contributed by atoms with E-state index in [0.29, 0.717) is 22.4 Å². The Morgan fingerprint density at radius 1 is 1.30 bits per heavy atom. The number of carbonyl (C=O) groups excluding carboxylic acids is 2. The summed E-state index contributed by atoms with van der Waals surface area (Å²) in [4.78, 5) is 23.6. The van der Waals surface area contributed by atoms with E-state index in [1.165, 1.54) is 11.8 Å². The molecule has 2 heterocycles. The summed E-state index contributed by atoms with van der Waals surface area (Å²) < 4.78 is 15.8. The van der Waals surface area contributed by atoms with Crippen LogP contribution in [-0.2, 0) is 9.53 Å². The molecule has 1 aromatic heterocycles. The number of thioether (sulfide) groups is 1. The van der Waals surface area contributed by atoms with Gasteiger partial charge in [-0.1, -0.05) is 11.8 Å². The van der Waals surface area contributed by atoms with Crippen LogP contribution in [-0.4, -0.2) is 48.2 Å². The molecule has 10 heteroatoms. The molecule has 0 spiro atoms. The van der Waals surface area contributed by atoms with Gasteiger partial charge in [0, 0.05) is 17.0 Å². The van der Waals surface area contributed by atoms with E-state index in [9.17, 15) is 9.59 Å². The minimum Gasteiger partial charge on any atom is -0.497 e. The van der Waals surface area contributed by atoms with E-state index in [2.05, 4.69) is 20.8 Å². The van der Waals surface area contributed by atoms with E-state index in [0.717, 1.165) is 11.3 Å². The molecule has 0 aliphatic carbocycles. The van der Waals surface area contributed by atoms with Crippen LogP contribution < -0.4 is 15.4 Å². The largest absolute Gasteiger partial charge is 0.497 e. The Labute approximate surface area is 159 Å². The van der Waals surface area contributed by atoms with Gasteiger partial charge in [-0.2, -0.15) is 0 Å². The Bertz CT molecular complexity index is 862. The standard InChI is InChI=1S/C17H18N4O5S/c1-3-25-15(22)12-8-18-16(23)19-13(12)9-27-17-21-20-14(26-17)10-4-6-11(24-2)7-5-10/h4-7H,3,8-9H2,1-2H3,(H2,18,19,23). The van der Waals surface area contributed by atoms with Crippen molar-refractivity contribution in [2.24, 2.45) is 0 Å². The van der Waals surface area contributed by atoms with Crippen molar-refractivity contribution in [3.05, 3.63) is 35.5 Å². The number of ether oxygens (including phenoxy) is 2. The highest BCUT2D eigenvalue weighted by Gasteiger charge is 2.24. The number of amides is 2. The van der Waals surface area contributed by atoms with Crippen LogP contribution in [0.1, 0.15) is 6.92 Å². The van der Waals surface area contributed by atoms with Crippen LogP contribution in [0.15, 0.2) is 45.2 Å². The molecular formula is C17H18N4O5S. The number of hydrogen-bond donors (Lipinski definition) is 2. The van der Waals surface area contributed by atoms with Crippen LogP contribution in [0.25, 0.3) is 11.5 Å². The minimum absolute atomic E-state index is 0.113. The van der Waals surface area contributed by atoms with Gasteiger partial charge in [0.1, 0.15) is 5.75 Å². The monoisotopic (exact) mass is 390 g/mol. The van der Waals surface area contributed by atoms with E-state index in [-0.39, 0.29) is 24.9 Å². The van der Waals surface area contributed by atoms with E-state index < -0.39 is 5.97 Å². The van der Waals surface area contributed by atoms with Gasteiger partial charge in [-0.15, -0.1) is 10.2 Å². The average molecular weight is 390 g/mol. The first-order chi connectivity index (χ1) is 13.1. The maximum Gasteiger partial charge on any atom is 0.337 e. The Kier molecular flexibility index (Phi) is 5.97. The molecule has 0 atom stereocenters. The first-order valence-corrected chi connectivity index (χ1v) is 9.14. The molecular weight excluding hydrogens is 372 g/mol. The van der Waals surface area contributed by atoms with Crippen molar-refractivity contribution >= 4 is 23.8 Å². The highest BCUT2D eigenvalue weighted by molar-refractivity contribution is 7.99. The van der Waals surface area contributed by atoms with Crippen molar-refractivity contribution in [2.45, 2.75) is 12.1 Å². The molecule has 0 saturated heterocycles. The lowest BCUT2D eigenvalue weighted by atomic mass is 10.2. The summed E-state index contributed by atoms with van der Waals surface area (Å²) in [7, 11) is 1.59. The summed E-state index contributed by atoms with van der Waals surface area (Å²) in [5.74, 6) is 0.915. The van der Waals surface area contributed by atoms with Crippen molar-refractivity contribution in [1.82, 2.24) is 20.8 Å². The van der Waals surface area contributed by atoms with Crippen LogP contribution in [0, 0.1) is 0 Å². The zero-order chi connectivity index (χ0) is 19.2. The third-order valence-electron chi connectivity index (χ3n) is 3.66. The molecule has 142 valence electrons. The predicted molar refractivity (Wildman–Crippen MR) is 97.2 cm³/mol. The second-order valence-electron chi connectivity index (χ2n) is 5.38. The second-order valence-corrected chi connectivity index (χ2v) is 6.30. The molecule has 2 N–H and O–H groups in total.